The molecule has 1 saturated carbocycles. The second-order valence-corrected chi connectivity index (χ2v) is 4.36. The summed E-state index contributed by atoms with van der Waals surface area (Å²) >= 11 is 0. The highest BCUT2D eigenvalue weighted by Gasteiger charge is 2.20. The number of nitrogens with zero attached hydrogens (tertiary/aromatic N) is 3. The molecule has 0 aliphatic heterocycles. The third kappa shape index (κ3) is 2.69. The van der Waals surface area contributed by atoms with Crippen LogP contribution in [-0.4, -0.2) is 16.1 Å². The van der Waals surface area contributed by atoms with Gasteiger partial charge in [-0.3, -0.25) is 0 Å². The molecule has 1 aliphatic carbocycles. The van der Waals surface area contributed by atoms with Crippen molar-refractivity contribution < 1.29 is 4.74 Å². The topological polar surface area (TPSA) is 58.8 Å². The molecule has 1 aromatic rings. The largest absolute Gasteiger partial charge is 0.473 e. The Morgan fingerprint density at radius 3 is 2.88 bits per heavy atom. The molecule has 1 heterocycles. The van der Waals surface area contributed by atoms with E-state index in [0.717, 1.165) is 18.8 Å². The third-order valence-corrected chi connectivity index (χ3v) is 2.92. The third-order valence-electron chi connectivity index (χ3n) is 2.92. The SMILES string of the molecule is CC1CCCC(Oc2cnc(C#N)cn2)C1. The van der Waals surface area contributed by atoms with Gasteiger partial charge in [0.05, 0.1) is 12.4 Å². The summed E-state index contributed by atoms with van der Waals surface area (Å²) in [6.45, 7) is 2.25. The predicted octanol–water partition coefficient (Wildman–Crippen LogP) is 2.31. The summed E-state index contributed by atoms with van der Waals surface area (Å²) in [6.07, 6.45) is 7.91. The Bertz CT molecular complexity index is 382. The molecule has 0 N–H and O–H groups in total. The first-order valence-corrected chi connectivity index (χ1v) is 5.66. The van der Waals surface area contributed by atoms with Gasteiger partial charge in [0, 0.05) is 0 Å². The quantitative estimate of drug-likeness (QED) is 0.762. The summed E-state index contributed by atoms with van der Waals surface area (Å²) in [6, 6.07) is 1.94. The van der Waals surface area contributed by atoms with Crippen molar-refractivity contribution in [1.82, 2.24) is 9.97 Å². The van der Waals surface area contributed by atoms with Crippen molar-refractivity contribution in [3.8, 4) is 11.9 Å². The van der Waals surface area contributed by atoms with Crippen LogP contribution in [0.25, 0.3) is 0 Å². The molecule has 84 valence electrons. The number of ether oxygens (including phenoxy) is 1. The van der Waals surface area contributed by atoms with Crippen molar-refractivity contribution in [2.45, 2.75) is 38.7 Å². The van der Waals surface area contributed by atoms with E-state index in [1.165, 1.54) is 25.2 Å². The van der Waals surface area contributed by atoms with Gasteiger partial charge in [-0.25, -0.2) is 9.97 Å². The highest BCUT2D eigenvalue weighted by Crippen LogP contribution is 2.26. The zero-order chi connectivity index (χ0) is 11.4. The minimum Gasteiger partial charge on any atom is -0.473 e. The van der Waals surface area contributed by atoms with Gasteiger partial charge in [-0.05, 0) is 25.2 Å². The van der Waals surface area contributed by atoms with Crippen LogP contribution in [0, 0.1) is 17.2 Å². The van der Waals surface area contributed by atoms with Gasteiger partial charge in [-0.2, -0.15) is 5.26 Å². The summed E-state index contributed by atoms with van der Waals surface area (Å²) in [5, 5.41) is 8.59. The zero-order valence-electron chi connectivity index (χ0n) is 9.39. The molecule has 0 amide bonds. The first-order valence-electron chi connectivity index (χ1n) is 5.66. The van der Waals surface area contributed by atoms with Crippen LogP contribution in [0.2, 0.25) is 0 Å². The van der Waals surface area contributed by atoms with Gasteiger partial charge in [-0.15, -0.1) is 0 Å². The molecule has 4 nitrogen and oxygen atoms in total. The van der Waals surface area contributed by atoms with Gasteiger partial charge in [-0.1, -0.05) is 13.3 Å². The van der Waals surface area contributed by atoms with E-state index >= 15 is 0 Å². The highest BCUT2D eigenvalue weighted by atomic mass is 16.5. The van der Waals surface area contributed by atoms with Crippen LogP contribution in [0.3, 0.4) is 0 Å². The van der Waals surface area contributed by atoms with Crippen LogP contribution in [0.5, 0.6) is 5.88 Å². The molecule has 4 heteroatoms. The number of rotatable bonds is 2. The molecule has 1 aromatic heterocycles. The Balaban J connectivity index is 1.95. The van der Waals surface area contributed by atoms with E-state index in [1.54, 1.807) is 0 Å². The van der Waals surface area contributed by atoms with E-state index in [1.807, 2.05) is 6.07 Å². The maximum Gasteiger partial charge on any atom is 0.232 e. The molecule has 2 unspecified atom stereocenters. The molecular weight excluding hydrogens is 202 g/mol. The molecule has 0 saturated heterocycles. The average Bonchev–Trinajstić information content (AvgIpc) is 2.30. The summed E-state index contributed by atoms with van der Waals surface area (Å²) in [4.78, 5) is 7.99. The molecule has 1 aliphatic rings. The van der Waals surface area contributed by atoms with Crippen molar-refractivity contribution in [3.05, 3.63) is 18.1 Å². The lowest BCUT2D eigenvalue weighted by Gasteiger charge is -2.26. The van der Waals surface area contributed by atoms with E-state index < -0.39 is 0 Å². The molecule has 0 bridgehead atoms. The standard InChI is InChI=1S/C12H15N3O/c1-9-3-2-4-11(5-9)16-12-8-14-10(6-13)7-15-12/h7-9,11H,2-5H2,1H3. The Hall–Kier alpha value is -1.63. The minimum absolute atomic E-state index is 0.256. The molecule has 0 radical (unpaired) electrons. The fraction of sp³-hybridized carbons (Fsp3) is 0.583. The maximum atomic E-state index is 8.59. The van der Waals surface area contributed by atoms with Crippen LogP contribution in [0.15, 0.2) is 12.4 Å². The van der Waals surface area contributed by atoms with E-state index in [2.05, 4.69) is 16.9 Å². The Labute approximate surface area is 95.3 Å². The van der Waals surface area contributed by atoms with Crippen LogP contribution in [0.4, 0.5) is 0 Å². The summed E-state index contributed by atoms with van der Waals surface area (Å²) in [5.74, 6) is 1.25. The van der Waals surface area contributed by atoms with Gasteiger partial charge in [0.1, 0.15) is 12.2 Å². The lowest BCUT2D eigenvalue weighted by atomic mass is 9.89. The first kappa shape index (κ1) is 10.9. The van der Waals surface area contributed by atoms with Crippen molar-refractivity contribution in [3.63, 3.8) is 0 Å². The van der Waals surface area contributed by atoms with E-state index in [9.17, 15) is 0 Å². The lowest BCUT2D eigenvalue weighted by molar-refractivity contribution is 0.123. The summed E-state index contributed by atoms with van der Waals surface area (Å²) < 4.78 is 5.74. The van der Waals surface area contributed by atoms with Crippen molar-refractivity contribution in [2.75, 3.05) is 0 Å². The van der Waals surface area contributed by atoms with Gasteiger partial charge in [0.15, 0.2) is 5.69 Å². The molecular formula is C12H15N3O. The normalized spacial score (nSPS) is 24.8. The fourth-order valence-electron chi connectivity index (χ4n) is 2.09. The van der Waals surface area contributed by atoms with E-state index in [0.29, 0.717) is 11.6 Å². The second kappa shape index (κ2) is 4.93. The number of hydrogen-bond donors (Lipinski definition) is 0. The number of hydrogen-bond acceptors (Lipinski definition) is 4. The maximum absolute atomic E-state index is 8.59. The molecule has 2 rings (SSSR count). The van der Waals surface area contributed by atoms with Gasteiger partial charge < -0.3 is 4.74 Å². The molecule has 1 fully saturated rings. The van der Waals surface area contributed by atoms with Crippen LogP contribution in [0.1, 0.15) is 38.3 Å². The van der Waals surface area contributed by atoms with Crippen LogP contribution >= 0.6 is 0 Å². The van der Waals surface area contributed by atoms with Gasteiger partial charge in [0.2, 0.25) is 5.88 Å². The Morgan fingerprint density at radius 1 is 1.38 bits per heavy atom. The molecule has 0 aromatic carbocycles. The first-order chi connectivity index (χ1) is 7.78. The smallest absolute Gasteiger partial charge is 0.232 e. The van der Waals surface area contributed by atoms with E-state index in [-0.39, 0.29) is 6.10 Å². The zero-order valence-corrected chi connectivity index (χ0v) is 9.39. The Morgan fingerprint density at radius 2 is 2.25 bits per heavy atom. The summed E-state index contributed by atoms with van der Waals surface area (Å²) in [5.41, 5.74) is 0.323. The number of aromatic nitrogens is 2. The Kier molecular flexibility index (Phi) is 3.35. The minimum atomic E-state index is 0.256. The highest BCUT2D eigenvalue weighted by molar-refractivity contribution is 5.18. The van der Waals surface area contributed by atoms with Crippen molar-refractivity contribution in [1.29, 1.82) is 5.26 Å². The lowest BCUT2D eigenvalue weighted by Crippen LogP contribution is -2.24. The fourth-order valence-corrected chi connectivity index (χ4v) is 2.09. The van der Waals surface area contributed by atoms with Crippen molar-refractivity contribution >= 4 is 0 Å². The molecule has 0 spiro atoms. The van der Waals surface area contributed by atoms with E-state index in [4.69, 9.17) is 10.00 Å². The second-order valence-electron chi connectivity index (χ2n) is 4.36. The monoisotopic (exact) mass is 217 g/mol. The van der Waals surface area contributed by atoms with Crippen LogP contribution in [-0.2, 0) is 0 Å². The van der Waals surface area contributed by atoms with Gasteiger partial charge in [0.25, 0.3) is 0 Å². The molecule has 2 atom stereocenters. The van der Waals surface area contributed by atoms with Gasteiger partial charge >= 0.3 is 0 Å². The average molecular weight is 217 g/mol. The number of nitriles is 1. The van der Waals surface area contributed by atoms with Crippen molar-refractivity contribution in [2.24, 2.45) is 5.92 Å². The predicted molar refractivity (Wildman–Crippen MR) is 58.8 cm³/mol. The summed E-state index contributed by atoms with van der Waals surface area (Å²) in [7, 11) is 0. The molecule has 16 heavy (non-hydrogen) atoms. The van der Waals surface area contributed by atoms with Crippen LogP contribution < -0.4 is 4.74 Å².